The molecule has 1 aliphatic carbocycles. The van der Waals surface area contributed by atoms with Crippen molar-refractivity contribution in [1.82, 2.24) is 10.2 Å². The Hall–Kier alpha value is -2.84. The Kier molecular flexibility index (Phi) is 7.81. The van der Waals surface area contributed by atoms with Crippen molar-refractivity contribution in [3.05, 3.63) is 52.3 Å². The maximum Gasteiger partial charge on any atom is 0.257 e. The summed E-state index contributed by atoms with van der Waals surface area (Å²) in [5, 5.41) is 24.9. The molecule has 2 amide bonds. The molecule has 0 spiro atoms. The number of fused-ring (bicyclic) bond motifs is 1. The number of carbonyl (C=O) groups excluding carboxylic acids is 2. The average molecular weight is 458 g/mol. The van der Waals surface area contributed by atoms with E-state index in [2.05, 4.69) is 5.32 Å². The molecular formula is C25H35N3O5. The highest BCUT2D eigenvalue weighted by Crippen LogP contribution is 2.44. The summed E-state index contributed by atoms with van der Waals surface area (Å²) in [7, 11) is 1.90. The molecule has 1 aromatic rings. The zero-order valence-electron chi connectivity index (χ0n) is 19.7. The lowest BCUT2D eigenvalue weighted by Gasteiger charge is -2.38. The first-order chi connectivity index (χ1) is 15.7. The number of hydrogen-bond donors (Lipinski definition) is 4. The van der Waals surface area contributed by atoms with Gasteiger partial charge in [0.15, 0.2) is 0 Å². The van der Waals surface area contributed by atoms with Crippen molar-refractivity contribution in [3.63, 3.8) is 0 Å². The summed E-state index contributed by atoms with van der Waals surface area (Å²) in [6.07, 6.45) is 2.86. The molecule has 0 saturated carbocycles. The van der Waals surface area contributed by atoms with E-state index in [0.29, 0.717) is 26.1 Å². The van der Waals surface area contributed by atoms with E-state index in [4.69, 9.17) is 10.5 Å². The Morgan fingerprint density at radius 3 is 2.67 bits per heavy atom. The lowest BCUT2D eigenvalue weighted by Crippen LogP contribution is -2.44. The fraction of sp³-hybridized carbons (Fsp3) is 0.520. The van der Waals surface area contributed by atoms with Crippen LogP contribution < -0.4 is 15.8 Å². The summed E-state index contributed by atoms with van der Waals surface area (Å²) in [6, 6.07) is 5.79. The number of nitrogens with one attached hydrogen (secondary N) is 1. The van der Waals surface area contributed by atoms with Gasteiger partial charge in [-0.1, -0.05) is 25.8 Å². The molecule has 0 bridgehead atoms. The first-order valence-electron chi connectivity index (χ1n) is 11.5. The second-order valence-corrected chi connectivity index (χ2v) is 9.05. The predicted octanol–water partition coefficient (Wildman–Crippen LogP) is 2.31. The van der Waals surface area contributed by atoms with Crippen molar-refractivity contribution in [2.45, 2.75) is 58.7 Å². The monoisotopic (exact) mass is 457 g/mol. The molecule has 0 saturated heterocycles. The maximum absolute atomic E-state index is 13.4. The molecule has 1 aromatic carbocycles. The number of nitrogens with zero attached hydrogens (tertiary/aromatic N) is 1. The van der Waals surface area contributed by atoms with Gasteiger partial charge in [-0.25, -0.2) is 0 Å². The summed E-state index contributed by atoms with van der Waals surface area (Å²) < 4.78 is 5.80. The van der Waals surface area contributed by atoms with E-state index in [1.807, 2.05) is 32.2 Å². The molecule has 180 valence electrons. The molecule has 0 radical (unpaired) electrons. The van der Waals surface area contributed by atoms with Gasteiger partial charge in [-0.2, -0.15) is 0 Å². The molecule has 33 heavy (non-hydrogen) atoms. The highest BCUT2D eigenvalue weighted by atomic mass is 16.5. The highest BCUT2D eigenvalue weighted by Gasteiger charge is 2.46. The maximum atomic E-state index is 13.4. The van der Waals surface area contributed by atoms with Crippen LogP contribution in [0.4, 0.5) is 0 Å². The Balaban J connectivity index is 1.82. The minimum Gasteiger partial charge on any atom is -0.511 e. The minimum atomic E-state index is -1.27. The van der Waals surface area contributed by atoms with Crippen LogP contribution >= 0.6 is 0 Å². The van der Waals surface area contributed by atoms with Crippen LogP contribution in [-0.4, -0.2) is 53.2 Å². The van der Waals surface area contributed by atoms with Gasteiger partial charge >= 0.3 is 0 Å². The standard InChI is InChI=1S/C25H35N3O5/c1-4-5-9-25(2)21(29)19(23(26)31)13-20(22(25)30)24(32)28-14-16-7-8-18(12-17(16)15-28)33-11-6-10-27-3/h7-8,12-13,21,27,29-30H,4-6,9-11,14-15H2,1-3H3,(H2,26,31). The number of primary amides is 1. The molecule has 0 fully saturated rings. The number of aliphatic hydroxyl groups excluding tert-OH is 2. The van der Waals surface area contributed by atoms with Gasteiger partial charge in [0.2, 0.25) is 5.91 Å². The van der Waals surface area contributed by atoms with Crippen molar-refractivity contribution in [2.75, 3.05) is 20.2 Å². The van der Waals surface area contributed by atoms with E-state index in [0.717, 1.165) is 42.7 Å². The number of aliphatic hydroxyl groups is 2. The third kappa shape index (κ3) is 5.07. The van der Waals surface area contributed by atoms with E-state index >= 15 is 0 Å². The fourth-order valence-electron chi connectivity index (χ4n) is 4.46. The molecule has 3 rings (SSSR count). The van der Waals surface area contributed by atoms with E-state index in [9.17, 15) is 19.8 Å². The van der Waals surface area contributed by atoms with Gasteiger partial charge in [-0.05, 0) is 62.7 Å². The lowest BCUT2D eigenvalue weighted by atomic mass is 9.70. The number of ether oxygens (including phenoxy) is 1. The molecular weight excluding hydrogens is 422 g/mol. The topological polar surface area (TPSA) is 125 Å². The van der Waals surface area contributed by atoms with E-state index < -0.39 is 23.3 Å². The lowest BCUT2D eigenvalue weighted by molar-refractivity contribution is -0.127. The number of rotatable bonds is 10. The van der Waals surface area contributed by atoms with Crippen LogP contribution in [0.3, 0.4) is 0 Å². The Morgan fingerprint density at radius 2 is 2.00 bits per heavy atom. The minimum absolute atomic E-state index is 0.0176. The van der Waals surface area contributed by atoms with Crippen molar-refractivity contribution in [2.24, 2.45) is 11.1 Å². The van der Waals surface area contributed by atoms with Crippen LogP contribution in [0.2, 0.25) is 0 Å². The average Bonchev–Trinajstić information content (AvgIpc) is 3.22. The van der Waals surface area contributed by atoms with E-state index in [-0.39, 0.29) is 16.9 Å². The SMILES string of the molecule is CCCCC1(C)C(O)=C(C(=O)N2Cc3ccc(OCCCNC)cc3C2)C=C(C(N)=O)C1O. The van der Waals surface area contributed by atoms with E-state index in [1.165, 1.54) is 6.08 Å². The third-order valence-electron chi connectivity index (χ3n) is 6.59. The number of carbonyl (C=O) groups is 2. The Morgan fingerprint density at radius 1 is 1.27 bits per heavy atom. The van der Waals surface area contributed by atoms with Crippen molar-refractivity contribution >= 4 is 11.8 Å². The van der Waals surface area contributed by atoms with Gasteiger partial charge in [0.05, 0.1) is 23.7 Å². The second kappa shape index (κ2) is 10.4. The quantitative estimate of drug-likeness (QED) is 0.400. The van der Waals surface area contributed by atoms with Crippen LogP contribution in [0.5, 0.6) is 5.75 Å². The molecule has 2 atom stereocenters. The van der Waals surface area contributed by atoms with Gasteiger partial charge in [0.1, 0.15) is 11.5 Å². The molecule has 1 aliphatic heterocycles. The first-order valence-corrected chi connectivity index (χ1v) is 11.5. The largest absolute Gasteiger partial charge is 0.511 e. The molecule has 5 N–H and O–H groups in total. The Labute approximate surface area is 195 Å². The smallest absolute Gasteiger partial charge is 0.257 e. The highest BCUT2D eigenvalue weighted by molar-refractivity contribution is 6.02. The van der Waals surface area contributed by atoms with Crippen LogP contribution in [0.15, 0.2) is 41.2 Å². The number of hydrogen-bond acceptors (Lipinski definition) is 6. The van der Waals surface area contributed by atoms with Crippen molar-refractivity contribution in [3.8, 4) is 5.75 Å². The van der Waals surface area contributed by atoms with Crippen LogP contribution in [-0.2, 0) is 22.7 Å². The zero-order chi connectivity index (χ0) is 24.2. The molecule has 8 heteroatoms. The molecule has 0 aromatic heterocycles. The van der Waals surface area contributed by atoms with Gasteiger partial charge < -0.3 is 30.9 Å². The van der Waals surface area contributed by atoms with Crippen molar-refractivity contribution < 1.29 is 24.5 Å². The van der Waals surface area contributed by atoms with Crippen molar-refractivity contribution in [1.29, 1.82) is 0 Å². The van der Waals surface area contributed by atoms with Gasteiger partial charge in [0, 0.05) is 18.7 Å². The number of benzene rings is 1. The molecule has 2 unspecified atom stereocenters. The van der Waals surface area contributed by atoms with E-state index in [1.54, 1.807) is 11.8 Å². The number of amides is 2. The summed E-state index contributed by atoms with van der Waals surface area (Å²) in [4.78, 5) is 27.1. The normalized spacial score (nSPS) is 22.2. The fourth-order valence-corrected chi connectivity index (χ4v) is 4.46. The molecule has 8 nitrogen and oxygen atoms in total. The summed E-state index contributed by atoms with van der Waals surface area (Å²) >= 11 is 0. The zero-order valence-corrected chi connectivity index (χ0v) is 19.7. The third-order valence-corrected chi connectivity index (χ3v) is 6.59. The van der Waals surface area contributed by atoms with Crippen LogP contribution in [0.25, 0.3) is 0 Å². The van der Waals surface area contributed by atoms with Gasteiger partial charge in [0.25, 0.3) is 5.91 Å². The summed E-state index contributed by atoms with van der Waals surface area (Å²) in [5.41, 5.74) is 6.31. The summed E-state index contributed by atoms with van der Waals surface area (Å²) in [6.45, 7) is 5.89. The predicted molar refractivity (Wildman–Crippen MR) is 125 cm³/mol. The molecule has 2 aliphatic rings. The second-order valence-electron chi connectivity index (χ2n) is 9.05. The molecule has 1 heterocycles. The van der Waals surface area contributed by atoms with Crippen LogP contribution in [0, 0.1) is 5.41 Å². The summed E-state index contributed by atoms with van der Waals surface area (Å²) in [5.74, 6) is -0.630. The van der Waals surface area contributed by atoms with Gasteiger partial charge in [-0.15, -0.1) is 0 Å². The van der Waals surface area contributed by atoms with Crippen LogP contribution in [0.1, 0.15) is 50.7 Å². The Bertz CT molecular complexity index is 971. The number of nitrogens with two attached hydrogens (primary N) is 1. The van der Waals surface area contributed by atoms with Gasteiger partial charge in [-0.3, -0.25) is 9.59 Å². The number of unbranched alkanes of at least 4 members (excludes halogenated alkanes) is 1. The first kappa shape index (κ1) is 24.8.